The normalized spacial score (nSPS) is 12.1. The lowest BCUT2D eigenvalue weighted by Crippen LogP contribution is -2.34. The van der Waals surface area contributed by atoms with E-state index >= 15 is 0 Å². The van der Waals surface area contributed by atoms with Gasteiger partial charge in [0.05, 0.1) is 13.5 Å². The minimum atomic E-state index is -0.313. The molecule has 0 spiro atoms. The van der Waals surface area contributed by atoms with Crippen LogP contribution in [0.25, 0.3) is 10.9 Å². The van der Waals surface area contributed by atoms with Crippen LogP contribution < -0.4 is 5.32 Å². The van der Waals surface area contributed by atoms with Crippen molar-refractivity contribution in [2.24, 2.45) is 0 Å². The van der Waals surface area contributed by atoms with Crippen molar-refractivity contribution in [3.8, 4) is 0 Å². The number of aryl methyl sites for hydroxylation is 1. The number of carbonyl (C=O) groups excluding carboxylic acids is 2. The third kappa shape index (κ3) is 4.35. The van der Waals surface area contributed by atoms with Gasteiger partial charge in [0.2, 0.25) is 5.91 Å². The molecular weight excluding hydrogens is 280 g/mol. The number of aromatic nitrogens is 1. The largest absolute Gasteiger partial charge is 0.469 e. The molecule has 2 rings (SSSR count). The van der Waals surface area contributed by atoms with Crippen molar-refractivity contribution in [2.75, 3.05) is 7.11 Å². The number of esters is 1. The molecule has 118 valence electrons. The van der Waals surface area contributed by atoms with Crippen LogP contribution in [0.1, 0.15) is 31.7 Å². The first-order valence-corrected chi connectivity index (χ1v) is 7.51. The summed E-state index contributed by atoms with van der Waals surface area (Å²) in [5.74, 6) is -0.345. The Morgan fingerprint density at radius 1 is 1.32 bits per heavy atom. The number of nitrogens with one attached hydrogen (secondary N) is 2. The van der Waals surface area contributed by atoms with Gasteiger partial charge in [0.15, 0.2) is 0 Å². The summed E-state index contributed by atoms with van der Waals surface area (Å²) >= 11 is 0. The van der Waals surface area contributed by atoms with E-state index in [0.717, 1.165) is 18.4 Å². The standard InChI is InChI=1S/C17H22N2O3/c1-12(10-17(21)22-2)19-16(20)9-5-6-13-11-18-15-8-4-3-7-14(13)15/h3-4,7-8,11-12,18H,5-6,9-10H2,1-2H3,(H,19,20). The van der Waals surface area contributed by atoms with Gasteiger partial charge in [-0.05, 0) is 31.4 Å². The van der Waals surface area contributed by atoms with Crippen LogP contribution in [0.2, 0.25) is 0 Å². The number of hydrogen-bond donors (Lipinski definition) is 2. The number of aromatic amines is 1. The van der Waals surface area contributed by atoms with Gasteiger partial charge in [-0.1, -0.05) is 18.2 Å². The number of H-pyrrole nitrogens is 1. The van der Waals surface area contributed by atoms with Gasteiger partial charge in [0.25, 0.3) is 0 Å². The van der Waals surface area contributed by atoms with E-state index < -0.39 is 0 Å². The van der Waals surface area contributed by atoms with Crippen molar-refractivity contribution in [1.29, 1.82) is 0 Å². The Balaban J connectivity index is 1.76. The highest BCUT2D eigenvalue weighted by molar-refractivity contribution is 5.83. The maximum Gasteiger partial charge on any atom is 0.307 e. The molecule has 1 unspecified atom stereocenters. The third-order valence-electron chi connectivity index (χ3n) is 3.63. The fraction of sp³-hybridized carbons (Fsp3) is 0.412. The Kier molecular flexibility index (Phi) is 5.58. The monoisotopic (exact) mass is 302 g/mol. The van der Waals surface area contributed by atoms with Crippen LogP contribution in [0.3, 0.4) is 0 Å². The topological polar surface area (TPSA) is 71.2 Å². The quantitative estimate of drug-likeness (QED) is 0.772. The van der Waals surface area contributed by atoms with Gasteiger partial charge >= 0.3 is 5.97 Å². The van der Waals surface area contributed by atoms with E-state index in [9.17, 15) is 9.59 Å². The molecule has 0 fully saturated rings. The van der Waals surface area contributed by atoms with Crippen molar-refractivity contribution in [3.05, 3.63) is 36.0 Å². The minimum absolute atomic E-state index is 0.0313. The summed E-state index contributed by atoms with van der Waals surface area (Å²) in [7, 11) is 1.35. The predicted molar refractivity (Wildman–Crippen MR) is 85.5 cm³/mol. The lowest BCUT2D eigenvalue weighted by Gasteiger charge is -2.12. The highest BCUT2D eigenvalue weighted by Gasteiger charge is 2.12. The second-order valence-corrected chi connectivity index (χ2v) is 5.46. The minimum Gasteiger partial charge on any atom is -0.469 e. The molecule has 2 N–H and O–H groups in total. The van der Waals surface area contributed by atoms with E-state index in [1.807, 2.05) is 24.4 Å². The van der Waals surface area contributed by atoms with E-state index in [4.69, 9.17) is 0 Å². The summed E-state index contributed by atoms with van der Waals surface area (Å²) in [5, 5.41) is 4.02. The molecular formula is C17H22N2O3. The molecule has 1 amide bonds. The number of fused-ring (bicyclic) bond motifs is 1. The number of methoxy groups -OCH3 is 1. The zero-order valence-electron chi connectivity index (χ0n) is 13.0. The van der Waals surface area contributed by atoms with Gasteiger partial charge in [-0.2, -0.15) is 0 Å². The molecule has 0 saturated carbocycles. The fourth-order valence-electron chi connectivity index (χ4n) is 2.51. The van der Waals surface area contributed by atoms with Gasteiger partial charge in [-0.15, -0.1) is 0 Å². The second-order valence-electron chi connectivity index (χ2n) is 5.46. The maximum atomic E-state index is 11.8. The molecule has 5 nitrogen and oxygen atoms in total. The van der Waals surface area contributed by atoms with Crippen molar-refractivity contribution < 1.29 is 14.3 Å². The average Bonchev–Trinajstić information content (AvgIpc) is 2.90. The van der Waals surface area contributed by atoms with E-state index in [0.29, 0.717) is 6.42 Å². The first-order valence-electron chi connectivity index (χ1n) is 7.51. The summed E-state index contributed by atoms with van der Waals surface area (Å²) in [6.07, 6.45) is 4.28. The number of benzene rings is 1. The summed E-state index contributed by atoms with van der Waals surface area (Å²) in [6.45, 7) is 1.80. The van der Waals surface area contributed by atoms with Crippen molar-refractivity contribution in [2.45, 2.75) is 38.6 Å². The molecule has 0 aliphatic heterocycles. The summed E-state index contributed by atoms with van der Waals surface area (Å²) in [6, 6.07) is 7.94. The molecule has 2 aromatic rings. The third-order valence-corrected chi connectivity index (χ3v) is 3.63. The van der Waals surface area contributed by atoms with E-state index in [1.165, 1.54) is 18.1 Å². The average molecular weight is 302 g/mol. The maximum absolute atomic E-state index is 11.8. The molecule has 1 atom stereocenters. The highest BCUT2D eigenvalue weighted by atomic mass is 16.5. The lowest BCUT2D eigenvalue weighted by atomic mass is 10.1. The number of carbonyl (C=O) groups is 2. The number of amides is 1. The zero-order valence-corrected chi connectivity index (χ0v) is 13.0. The molecule has 0 bridgehead atoms. The van der Waals surface area contributed by atoms with E-state index in [-0.39, 0.29) is 24.3 Å². The molecule has 1 heterocycles. The second kappa shape index (κ2) is 7.64. The Morgan fingerprint density at radius 2 is 2.09 bits per heavy atom. The van der Waals surface area contributed by atoms with Crippen LogP contribution in [0.5, 0.6) is 0 Å². The van der Waals surface area contributed by atoms with E-state index in [1.54, 1.807) is 6.92 Å². The van der Waals surface area contributed by atoms with Crippen molar-refractivity contribution in [1.82, 2.24) is 10.3 Å². The van der Waals surface area contributed by atoms with Crippen LogP contribution in [0, 0.1) is 0 Å². The zero-order chi connectivity index (χ0) is 15.9. The van der Waals surface area contributed by atoms with Crippen LogP contribution in [-0.4, -0.2) is 30.0 Å². The molecule has 22 heavy (non-hydrogen) atoms. The van der Waals surface area contributed by atoms with Gasteiger partial charge in [0.1, 0.15) is 0 Å². The SMILES string of the molecule is COC(=O)CC(C)NC(=O)CCCc1c[nH]c2ccccc12. The Morgan fingerprint density at radius 3 is 2.86 bits per heavy atom. The summed E-state index contributed by atoms with van der Waals surface area (Å²) < 4.78 is 4.58. The molecule has 0 aliphatic rings. The number of ether oxygens (including phenoxy) is 1. The molecule has 1 aromatic heterocycles. The Bertz CT molecular complexity index is 648. The Hall–Kier alpha value is -2.30. The number of para-hydroxylation sites is 1. The van der Waals surface area contributed by atoms with E-state index in [2.05, 4.69) is 21.1 Å². The Labute approximate surface area is 130 Å². The summed E-state index contributed by atoms with van der Waals surface area (Å²) in [5.41, 5.74) is 2.35. The van der Waals surface area contributed by atoms with Crippen LogP contribution >= 0.6 is 0 Å². The summed E-state index contributed by atoms with van der Waals surface area (Å²) in [4.78, 5) is 26.2. The molecule has 0 saturated heterocycles. The predicted octanol–water partition coefficient (Wildman–Crippen LogP) is 2.56. The smallest absolute Gasteiger partial charge is 0.307 e. The lowest BCUT2D eigenvalue weighted by molar-refractivity contribution is -0.141. The van der Waals surface area contributed by atoms with Crippen LogP contribution in [-0.2, 0) is 20.7 Å². The van der Waals surface area contributed by atoms with Gasteiger partial charge in [-0.25, -0.2) is 0 Å². The molecule has 1 aromatic carbocycles. The van der Waals surface area contributed by atoms with Crippen LogP contribution in [0.15, 0.2) is 30.5 Å². The van der Waals surface area contributed by atoms with Crippen molar-refractivity contribution >= 4 is 22.8 Å². The molecule has 5 heteroatoms. The van der Waals surface area contributed by atoms with Crippen LogP contribution in [0.4, 0.5) is 0 Å². The number of rotatable bonds is 7. The number of hydrogen-bond acceptors (Lipinski definition) is 3. The first-order chi connectivity index (χ1) is 10.6. The van der Waals surface area contributed by atoms with Gasteiger partial charge in [-0.3, -0.25) is 9.59 Å². The molecule has 0 radical (unpaired) electrons. The van der Waals surface area contributed by atoms with Crippen molar-refractivity contribution in [3.63, 3.8) is 0 Å². The molecule has 0 aliphatic carbocycles. The first kappa shape index (κ1) is 16.1. The van der Waals surface area contributed by atoms with Gasteiger partial charge < -0.3 is 15.0 Å². The highest BCUT2D eigenvalue weighted by Crippen LogP contribution is 2.19. The van der Waals surface area contributed by atoms with Gasteiger partial charge in [0, 0.05) is 29.6 Å². The fourth-order valence-corrected chi connectivity index (χ4v) is 2.51.